The fraction of sp³-hybridized carbons (Fsp3) is 0.235. The van der Waals surface area contributed by atoms with Crippen LogP contribution in [0.1, 0.15) is 27.0 Å². The summed E-state index contributed by atoms with van der Waals surface area (Å²) in [6.07, 6.45) is -2.97. The van der Waals surface area contributed by atoms with Crippen molar-refractivity contribution in [2.24, 2.45) is 0 Å². The van der Waals surface area contributed by atoms with Crippen molar-refractivity contribution in [3.8, 4) is 0 Å². The van der Waals surface area contributed by atoms with E-state index in [1.54, 1.807) is 18.4 Å². The Balaban J connectivity index is 2.11. The first kappa shape index (κ1) is 18.2. The maximum atomic E-state index is 12.9. The molecule has 0 saturated carbocycles. The minimum absolute atomic E-state index is 0.107. The van der Waals surface area contributed by atoms with Crippen LogP contribution in [0.2, 0.25) is 0 Å². The second kappa shape index (κ2) is 7.61. The second-order valence-corrected chi connectivity index (χ2v) is 6.58. The van der Waals surface area contributed by atoms with Crippen LogP contribution in [0.3, 0.4) is 0 Å². The first-order valence-electron chi connectivity index (χ1n) is 6.98. The molecule has 0 heterocycles. The van der Waals surface area contributed by atoms with Crippen molar-refractivity contribution in [2.75, 3.05) is 6.26 Å². The molecule has 0 N–H and O–H groups in total. The van der Waals surface area contributed by atoms with Gasteiger partial charge in [0.05, 0.1) is 11.1 Å². The molecule has 1 unspecified atom stereocenters. The van der Waals surface area contributed by atoms with Gasteiger partial charge in [0, 0.05) is 28.4 Å². The molecule has 7 heteroatoms. The van der Waals surface area contributed by atoms with Crippen molar-refractivity contribution in [3.63, 3.8) is 0 Å². The van der Waals surface area contributed by atoms with Crippen LogP contribution in [0.25, 0.3) is 0 Å². The molecule has 1 atom stereocenters. The average Bonchev–Trinajstić information content (AvgIpc) is 2.51. The Morgan fingerprint density at radius 3 is 2.50 bits per heavy atom. The van der Waals surface area contributed by atoms with Gasteiger partial charge in [-0.25, -0.2) is 4.79 Å². The molecular formula is C17H15F3O3S. The molecule has 0 aromatic heterocycles. The zero-order chi connectivity index (χ0) is 17.7. The molecule has 0 spiro atoms. The van der Waals surface area contributed by atoms with Crippen LogP contribution in [0.15, 0.2) is 48.5 Å². The van der Waals surface area contributed by atoms with Gasteiger partial charge in [-0.2, -0.15) is 13.2 Å². The second-order valence-electron chi connectivity index (χ2n) is 5.15. The molecule has 0 aliphatic heterocycles. The normalized spacial score (nSPS) is 12.7. The van der Waals surface area contributed by atoms with Gasteiger partial charge < -0.3 is 4.74 Å². The van der Waals surface area contributed by atoms with E-state index in [-0.39, 0.29) is 16.9 Å². The third-order valence-corrected chi connectivity index (χ3v) is 3.95. The third kappa shape index (κ3) is 4.92. The summed E-state index contributed by atoms with van der Waals surface area (Å²) in [7, 11) is -1.06. The van der Waals surface area contributed by atoms with Gasteiger partial charge >= 0.3 is 12.1 Å². The van der Waals surface area contributed by atoms with E-state index in [2.05, 4.69) is 0 Å². The average molecular weight is 356 g/mol. The standard InChI is InChI=1S/C17H15F3O3S/c1-24(22)11-12-5-4-7-13(9-12)16(21)23-10-14-6-2-3-8-15(14)17(18,19)20/h2-9H,10-11H2,1H3. The fourth-order valence-electron chi connectivity index (χ4n) is 2.17. The van der Waals surface area contributed by atoms with Crippen LogP contribution in [0, 0.1) is 0 Å². The molecule has 2 aromatic carbocycles. The summed E-state index contributed by atoms with van der Waals surface area (Å²) in [5, 5.41) is 0. The smallest absolute Gasteiger partial charge is 0.416 e. The van der Waals surface area contributed by atoms with E-state index in [0.29, 0.717) is 5.56 Å². The van der Waals surface area contributed by atoms with E-state index in [9.17, 15) is 22.2 Å². The zero-order valence-corrected chi connectivity index (χ0v) is 13.6. The molecule has 24 heavy (non-hydrogen) atoms. The molecule has 0 saturated heterocycles. The van der Waals surface area contributed by atoms with Gasteiger partial charge in [-0.3, -0.25) is 4.21 Å². The van der Waals surface area contributed by atoms with Crippen LogP contribution in [-0.2, 0) is 34.1 Å². The lowest BCUT2D eigenvalue weighted by Crippen LogP contribution is -2.12. The Hall–Kier alpha value is -2.15. The molecule has 0 aliphatic carbocycles. The Labute approximate surface area is 139 Å². The van der Waals surface area contributed by atoms with Gasteiger partial charge in [-0.1, -0.05) is 30.3 Å². The summed E-state index contributed by atoms with van der Waals surface area (Å²) in [6.45, 7) is -0.474. The Kier molecular flexibility index (Phi) is 5.77. The summed E-state index contributed by atoms with van der Waals surface area (Å²) in [4.78, 5) is 12.0. The SMILES string of the molecule is CS(=O)Cc1cccc(C(=O)OCc2ccccc2C(F)(F)F)c1. The van der Waals surface area contributed by atoms with Crippen molar-refractivity contribution in [3.05, 3.63) is 70.8 Å². The number of esters is 1. The molecular weight excluding hydrogens is 341 g/mol. The van der Waals surface area contributed by atoms with Crippen LogP contribution in [-0.4, -0.2) is 16.4 Å². The number of rotatable bonds is 5. The molecule has 128 valence electrons. The number of carbonyl (C=O) groups is 1. The van der Waals surface area contributed by atoms with E-state index in [0.717, 1.165) is 6.07 Å². The van der Waals surface area contributed by atoms with Crippen molar-refractivity contribution < 1.29 is 26.9 Å². The topological polar surface area (TPSA) is 43.4 Å². The summed E-state index contributed by atoms with van der Waals surface area (Å²) in [6, 6.07) is 11.3. The first-order chi connectivity index (χ1) is 11.3. The number of carbonyl (C=O) groups excluding carboxylic acids is 1. The molecule has 2 aromatic rings. The van der Waals surface area contributed by atoms with Crippen molar-refractivity contribution in [1.29, 1.82) is 0 Å². The lowest BCUT2D eigenvalue weighted by Gasteiger charge is -2.13. The van der Waals surface area contributed by atoms with Crippen molar-refractivity contribution >= 4 is 16.8 Å². The van der Waals surface area contributed by atoms with E-state index in [1.165, 1.54) is 30.3 Å². The van der Waals surface area contributed by atoms with E-state index in [1.807, 2.05) is 0 Å². The first-order valence-corrected chi connectivity index (χ1v) is 8.71. The molecule has 2 rings (SSSR count). The number of hydrogen-bond donors (Lipinski definition) is 0. The van der Waals surface area contributed by atoms with Gasteiger partial charge in [0.1, 0.15) is 6.61 Å². The summed E-state index contributed by atoms with van der Waals surface area (Å²) in [5.41, 5.74) is -0.0273. The molecule has 0 amide bonds. The lowest BCUT2D eigenvalue weighted by molar-refractivity contribution is -0.138. The Morgan fingerprint density at radius 2 is 1.83 bits per heavy atom. The minimum Gasteiger partial charge on any atom is -0.457 e. The number of alkyl halides is 3. The summed E-state index contributed by atoms with van der Waals surface area (Å²) >= 11 is 0. The van der Waals surface area contributed by atoms with Crippen LogP contribution >= 0.6 is 0 Å². The number of ether oxygens (including phenoxy) is 1. The van der Waals surface area contributed by atoms with Gasteiger partial charge in [0.25, 0.3) is 0 Å². The molecule has 0 aliphatic rings. The summed E-state index contributed by atoms with van der Waals surface area (Å²) in [5.74, 6) is -0.436. The molecule has 3 nitrogen and oxygen atoms in total. The lowest BCUT2D eigenvalue weighted by atomic mass is 10.1. The predicted molar refractivity (Wildman–Crippen MR) is 84.8 cm³/mol. The van der Waals surface area contributed by atoms with Crippen LogP contribution in [0.4, 0.5) is 13.2 Å². The molecule has 0 radical (unpaired) electrons. The number of benzene rings is 2. The highest BCUT2D eigenvalue weighted by atomic mass is 32.2. The quantitative estimate of drug-likeness (QED) is 0.762. The number of hydrogen-bond acceptors (Lipinski definition) is 3. The van der Waals surface area contributed by atoms with E-state index in [4.69, 9.17) is 4.74 Å². The van der Waals surface area contributed by atoms with E-state index >= 15 is 0 Å². The summed E-state index contributed by atoms with van der Waals surface area (Å²) < 4.78 is 54.9. The van der Waals surface area contributed by atoms with Gasteiger partial charge in [0.2, 0.25) is 0 Å². The van der Waals surface area contributed by atoms with Crippen molar-refractivity contribution in [1.82, 2.24) is 0 Å². The predicted octanol–water partition coefficient (Wildman–Crippen LogP) is 3.94. The molecule has 0 fully saturated rings. The third-order valence-electron chi connectivity index (χ3n) is 3.21. The zero-order valence-electron chi connectivity index (χ0n) is 12.8. The van der Waals surface area contributed by atoms with Crippen molar-refractivity contribution in [2.45, 2.75) is 18.5 Å². The fourth-order valence-corrected chi connectivity index (χ4v) is 2.82. The van der Waals surface area contributed by atoms with Crippen LogP contribution in [0.5, 0.6) is 0 Å². The minimum atomic E-state index is -4.51. The highest BCUT2D eigenvalue weighted by molar-refractivity contribution is 7.83. The maximum Gasteiger partial charge on any atom is 0.416 e. The maximum absolute atomic E-state index is 12.9. The largest absolute Gasteiger partial charge is 0.457 e. The van der Waals surface area contributed by atoms with Gasteiger partial charge in [0.15, 0.2) is 0 Å². The van der Waals surface area contributed by atoms with Gasteiger partial charge in [-0.05, 0) is 23.8 Å². The highest BCUT2D eigenvalue weighted by Crippen LogP contribution is 2.32. The van der Waals surface area contributed by atoms with Gasteiger partial charge in [-0.15, -0.1) is 0 Å². The van der Waals surface area contributed by atoms with Crippen LogP contribution < -0.4 is 0 Å². The Bertz CT molecular complexity index is 757. The van der Waals surface area contributed by atoms with E-state index < -0.39 is 35.1 Å². The monoisotopic (exact) mass is 356 g/mol. The number of halogens is 3. The highest BCUT2D eigenvalue weighted by Gasteiger charge is 2.33. The Morgan fingerprint density at radius 1 is 1.12 bits per heavy atom. The molecule has 0 bridgehead atoms.